The van der Waals surface area contributed by atoms with Gasteiger partial charge in [-0.3, -0.25) is 9.69 Å². The Bertz CT molecular complexity index is 913. The van der Waals surface area contributed by atoms with E-state index in [1.807, 2.05) is 13.8 Å². The third-order valence-electron chi connectivity index (χ3n) is 5.93. The van der Waals surface area contributed by atoms with Crippen molar-refractivity contribution < 1.29 is 14.6 Å². The number of nitrogens with zero attached hydrogens (tertiary/aromatic N) is 3. The summed E-state index contributed by atoms with van der Waals surface area (Å²) in [5.74, 6) is 1.01. The van der Waals surface area contributed by atoms with Crippen LogP contribution in [-0.2, 0) is 24.1 Å². The number of hydrogen-bond acceptors (Lipinski definition) is 6. The predicted molar refractivity (Wildman–Crippen MR) is 118 cm³/mol. The quantitative estimate of drug-likeness (QED) is 0.673. The van der Waals surface area contributed by atoms with Crippen molar-refractivity contribution in [2.45, 2.75) is 45.3 Å². The predicted octanol–water partition coefficient (Wildman–Crippen LogP) is 1.94. The molecule has 166 valence electrons. The van der Waals surface area contributed by atoms with Gasteiger partial charge in [-0.15, -0.1) is 0 Å². The Morgan fingerprint density at radius 1 is 1.26 bits per heavy atom. The van der Waals surface area contributed by atoms with Crippen LogP contribution in [0.3, 0.4) is 0 Å². The molecule has 0 aliphatic carbocycles. The number of amides is 1. The maximum absolute atomic E-state index is 12.8. The molecule has 7 nitrogen and oxygen atoms in total. The van der Waals surface area contributed by atoms with Crippen LogP contribution in [0.25, 0.3) is 0 Å². The highest BCUT2D eigenvalue weighted by atomic mass is 16.5. The van der Waals surface area contributed by atoms with E-state index in [9.17, 15) is 9.90 Å². The lowest BCUT2D eigenvalue weighted by atomic mass is 10.00. The van der Waals surface area contributed by atoms with Crippen LogP contribution in [0.4, 0.5) is 0 Å². The number of fused-ring (bicyclic) bond motifs is 1. The molecule has 1 fully saturated rings. The third-order valence-corrected chi connectivity index (χ3v) is 5.93. The highest BCUT2D eigenvalue weighted by Crippen LogP contribution is 2.19. The molecular weight excluding hydrogens is 392 g/mol. The fourth-order valence-corrected chi connectivity index (χ4v) is 4.07. The third kappa shape index (κ3) is 5.67. The number of benzene rings is 1. The highest BCUT2D eigenvalue weighted by Gasteiger charge is 2.22. The number of ether oxygens (including phenoxy) is 1. The standard InChI is InChI=1S/C24H32N4O3/c1-16(2)23-26-20(9-17-14-31-15-17)10-22(27-23)24(30)25-11-21(29)13-28-8-7-18-5-3-4-6-19(18)12-28/h3-6,10,16-17,21,29H,7-9,11-15H2,1-2H3,(H,25,30)/t21-/m0/s1. The maximum Gasteiger partial charge on any atom is 0.270 e. The van der Waals surface area contributed by atoms with E-state index in [-0.39, 0.29) is 18.4 Å². The van der Waals surface area contributed by atoms with Gasteiger partial charge in [0, 0.05) is 43.7 Å². The van der Waals surface area contributed by atoms with Gasteiger partial charge >= 0.3 is 0 Å². The van der Waals surface area contributed by atoms with Gasteiger partial charge in [0.1, 0.15) is 11.5 Å². The van der Waals surface area contributed by atoms with Crippen LogP contribution in [0.15, 0.2) is 30.3 Å². The van der Waals surface area contributed by atoms with Gasteiger partial charge in [0.05, 0.1) is 19.3 Å². The number of aliphatic hydroxyl groups is 1. The molecule has 0 radical (unpaired) electrons. The van der Waals surface area contributed by atoms with Gasteiger partial charge in [0.2, 0.25) is 0 Å². The Labute approximate surface area is 183 Å². The molecule has 2 aliphatic heterocycles. The van der Waals surface area contributed by atoms with E-state index in [0.717, 1.165) is 44.8 Å². The summed E-state index contributed by atoms with van der Waals surface area (Å²) in [6.45, 7) is 8.01. The van der Waals surface area contributed by atoms with E-state index in [2.05, 4.69) is 44.5 Å². The number of rotatable bonds is 8. The number of β-amino-alcohol motifs (C(OH)–C–C–N with tert-alkyl or cyclic N) is 1. The number of aliphatic hydroxyl groups excluding tert-OH is 1. The molecular formula is C24H32N4O3. The molecule has 2 aliphatic rings. The topological polar surface area (TPSA) is 87.6 Å². The zero-order valence-electron chi connectivity index (χ0n) is 18.4. The zero-order valence-corrected chi connectivity index (χ0v) is 18.4. The normalized spacial score (nSPS) is 17.8. The van der Waals surface area contributed by atoms with Gasteiger partial charge < -0.3 is 15.2 Å². The molecule has 1 atom stereocenters. The van der Waals surface area contributed by atoms with Gasteiger partial charge in [0.15, 0.2) is 0 Å². The first-order chi connectivity index (χ1) is 15.0. The molecule has 0 bridgehead atoms. The highest BCUT2D eigenvalue weighted by molar-refractivity contribution is 5.92. The summed E-state index contributed by atoms with van der Waals surface area (Å²) in [7, 11) is 0. The second-order valence-corrected chi connectivity index (χ2v) is 8.98. The van der Waals surface area contributed by atoms with E-state index < -0.39 is 6.10 Å². The van der Waals surface area contributed by atoms with Gasteiger partial charge in [-0.05, 0) is 30.0 Å². The van der Waals surface area contributed by atoms with E-state index in [4.69, 9.17) is 4.74 Å². The molecule has 1 aromatic carbocycles. The van der Waals surface area contributed by atoms with Gasteiger partial charge in [0.25, 0.3) is 5.91 Å². The molecule has 31 heavy (non-hydrogen) atoms. The van der Waals surface area contributed by atoms with Crippen LogP contribution < -0.4 is 5.32 Å². The van der Waals surface area contributed by atoms with Gasteiger partial charge in [-0.1, -0.05) is 38.1 Å². The summed E-state index contributed by atoms with van der Waals surface area (Å²) in [5.41, 5.74) is 3.95. The molecule has 7 heteroatoms. The van der Waals surface area contributed by atoms with E-state index in [0.29, 0.717) is 24.0 Å². The van der Waals surface area contributed by atoms with Crippen molar-refractivity contribution >= 4 is 5.91 Å². The summed E-state index contributed by atoms with van der Waals surface area (Å²) in [6, 6.07) is 10.2. The first-order valence-corrected chi connectivity index (χ1v) is 11.2. The van der Waals surface area contributed by atoms with Crippen LogP contribution in [0.1, 0.15) is 52.9 Å². The van der Waals surface area contributed by atoms with Crippen LogP contribution >= 0.6 is 0 Å². The molecule has 0 spiro atoms. The van der Waals surface area contributed by atoms with Crippen molar-refractivity contribution in [1.29, 1.82) is 0 Å². The number of aromatic nitrogens is 2. The fourth-order valence-electron chi connectivity index (χ4n) is 4.07. The number of hydrogen-bond donors (Lipinski definition) is 2. The second-order valence-electron chi connectivity index (χ2n) is 8.98. The smallest absolute Gasteiger partial charge is 0.270 e. The van der Waals surface area contributed by atoms with Gasteiger partial charge in [-0.25, -0.2) is 9.97 Å². The lowest BCUT2D eigenvalue weighted by molar-refractivity contribution is -0.0316. The Kier molecular flexibility index (Phi) is 6.95. The molecule has 0 unspecified atom stereocenters. The lowest BCUT2D eigenvalue weighted by Crippen LogP contribution is -2.42. The molecule has 1 amide bonds. The van der Waals surface area contributed by atoms with Crippen molar-refractivity contribution in [3.05, 3.63) is 58.7 Å². The number of nitrogens with one attached hydrogen (secondary N) is 1. The lowest BCUT2D eigenvalue weighted by Gasteiger charge is -2.30. The maximum atomic E-state index is 12.8. The molecule has 1 saturated heterocycles. The van der Waals surface area contributed by atoms with Crippen molar-refractivity contribution in [3.8, 4) is 0 Å². The van der Waals surface area contributed by atoms with Crippen LogP contribution in [-0.4, -0.2) is 64.8 Å². The summed E-state index contributed by atoms with van der Waals surface area (Å²) in [6.07, 6.45) is 1.15. The number of carbonyl (C=O) groups is 1. The van der Waals surface area contributed by atoms with E-state index in [1.54, 1.807) is 6.07 Å². The average molecular weight is 425 g/mol. The molecule has 0 saturated carbocycles. The van der Waals surface area contributed by atoms with E-state index in [1.165, 1.54) is 11.1 Å². The van der Waals surface area contributed by atoms with Gasteiger partial charge in [-0.2, -0.15) is 0 Å². The number of carbonyl (C=O) groups excluding carboxylic acids is 1. The monoisotopic (exact) mass is 424 g/mol. The largest absolute Gasteiger partial charge is 0.390 e. The molecule has 1 aromatic heterocycles. The molecule has 4 rings (SSSR count). The SMILES string of the molecule is CC(C)c1nc(CC2COC2)cc(C(=O)NC[C@H](O)CN2CCc3ccccc3C2)n1. The van der Waals surface area contributed by atoms with Crippen molar-refractivity contribution in [2.24, 2.45) is 5.92 Å². The minimum absolute atomic E-state index is 0.136. The molecule has 2 N–H and O–H groups in total. The zero-order chi connectivity index (χ0) is 21.8. The first kappa shape index (κ1) is 21.9. The van der Waals surface area contributed by atoms with Crippen molar-refractivity contribution in [1.82, 2.24) is 20.2 Å². The summed E-state index contributed by atoms with van der Waals surface area (Å²) in [5, 5.41) is 13.3. The van der Waals surface area contributed by atoms with Crippen LogP contribution in [0.5, 0.6) is 0 Å². The Morgan fingerprint density at radius 2 is 2.03 bits per heavy atom. The van der Waals surface area contributed by atoms with Crippen LogP contribution in [0, 0.1) is 5.92 Å². The first-order valence-electron chi connectivity index (χ1n) is 11.2. The Balaban J connectivity index is 1.32. The summed E-state index contributed by atoms with van der Waals surface area (Å²) < 4.78 is 5.25. The van der Waals surface area contributed by atoms with Crippen LogP contribution in [0.2, 0.25) is 0 Å². The Morgan fingerprint density at radius 3 is 2.74 bits per heavy atom. The summed E-state index contributed by atoms with van der Waals surface area (Å²) in [4.78, 5) is 24.1. The van der Waals surface area contributed by atoms with Crippen molar-refractivity contribution in [2.75, 3.05) is 32.8 Å². The molecule has 2 aromatic rings. The second kappa shape index (κ2) is 9.85. The minimum atomic E-state index is -0.632. The minimum Gasteiger partial charge on any atom is -0.390 e. The summed E-state index contributed by atoms with van der Waals surface area (Å²) >= 11 is 0. The fraction of sp³-hybridized carbons (Fsp3) is 0.542. The average Bonchev–Trinajstić information content (AvgIpc) is 2.74. The Hall–Kier alpha value is -2.35. The van der Waals surface area contributed by atoms with E-state index >= 15 is 0 Å². The van der Waals surface area contributed by atoms with Crippen molar-refractivity contribution in [3.63, 3.8) is 0 Å². The molecule has 3 heterocycles.